The van der Waals surface area contributed by atoms with Crippen molar-refractivity contribution in [3.05, 3.63) is 73.3 Å². The highest BCUT2D eigenvalue weighted by Gasteiger charge is 2.16. The minimum atomic E-state index is -0.290. The van der Waals surface area contributed by atoms with Crippen LogP contribution in [0, 0.1) is 0 Å². The van der Waals surface area contributed by atoms with E-state index in [0.717, 1.165) is 20.8 Å². The van der Waals surface area contributed by atoms with E-state index in [-0.39, 0.29) is 5.91 Å². The topological polar surface area (TPSA) is 58.1 Å². The van der Waals surface area contributed by atoms with Crippen LogP contribution in [0.5, 0.6) is 0 Å². The van der Waals surface area contributed by atoms with Crippen LogP contribution in [0.2, 0.25) is 9.36 Å². The zero-order valence-corrected chi connectivity index (χ0v) is 17.3. The van der Waals surface area contributed by atoms with Gasteiger partial charge in [0.1, 0.15) is 5.01 Å². The van der Waals surface area contributed by atoms with Crippen LogP contribution < -0.4 is 5.32 Å². The molecule has 1 aromatic carbocycles. The molecule has 3 rings (SSSR count). The SMILES string of the molecule is C=CCN(Cc1ccc(Cl)s1)Cc1nnc(C(=O)Nc2ccc(Cl)cc2)s1. The molecule has 9 heteroatoms. The van der Waals surface area contributed by atoms with Crippen molar-refractivity contribution in [3.8, 4) is 0 Å². The predicted molar refractivity (Wildman–Crippen MR) is 113 cm³/mol. The lowest BCUT2D eigenvalue weighted by atomic mass is 10.3. The Morgan fingerprint density at radius 2 is 1.89 bits per heavy atom. The fraction of sp³-hybridized carbons (Fsp3) is 0.167. The molecule has 0 spiro atoms. The summed E-state index contributed by atoms with van der Waals surface area (Å²) in [5.74, 6) is -0.290. The Kier molecular flexibility index (Phi) is 6.98. The van der Waals surface area contributed by atoms with Gasteiger partial charge in [-0.1, -0.05) is 40.6 Å². The van der Waals surface area contributed by atoms with Gasteiger partial charge in [-0.05, 0) is 36.4 Å². The third-order valence-corrected chi connectivity index (χ3v) is 5.89. The van der Waals surface area contributed by atoms with Crippen molar-refractivity contribution in [1.82, 2.24) is 15.1 Å². The predicted octanol–water partition coefficient (Wildman–Crippen LogP) is 5.35. The molecule has 5 nitrogen and oxygen atoms in total. The molecule has 0 fully saturated rings. The first kappa shape index (κ1) is 20.0. The van der Waals surface area contributed by atoms with E-state index >= 15 is 0 Å². The largest absolute Gasteiger partial charge is 0.320 e. The third kappa shape index (κ3) is 5.85. The van der Waals surface area contributed by atoms with Crippen molar-refractivity contribution < 1.29 is 4.79 Å². The molecule has 0 radical (unpaired) electrons. The van der Waals surface area contributed by atoms with Gasteiger partial charge in [0, 0.05) is 28.7 Å². The van der Waals surface area contributed by atoms with Crippen LogP contribution in [0.15, 0.2) is 49.1 Å². The van der Waals surface area contributed by atoms with Gasteiger partial charge in [0.2, 0.25) is 5.01 Å². The van der Waals surface area contributed by atoms with Gasteiger partial charge in [0.15, 0.2) is 0 Å². The second kappa shape index (κ2) is 9.43. The molecule has 0 saturated carbocycles. The van der Waals surface area contributed by atoms with Gasteiger partial charge in [-0.25, -0.2) is 0 Å². The molecule has 0 aliphatic carbocycles. The molecular weight excluding hydrogens is 423 g/mol. The summed E-state index contributed by atoms with van der Waals surface area (Å²) in [5.41, 5.74) is 0.656. The van der Waals surface area contributed by atoms with Gasteiger partial charge >= 0.3 is 0 Å². The number of thiophene rings is 1. The van der Waals surface area contributed by atoms with E-state index in [1.165, 1.54) is 11.3 Å². The summed E-state index contributed by atoms with van der Waals surface area (Å²) in [4.78, 5) is 15.7. The number of nitrogens with zero attached hydrogens (tertiary/aromatic N) is 3. The maximum atomic E-state index is 12.3. The lowest BCUT2D eigenvalue weighted by Crippen LogP contribution is -2.22. The number of amides is 1. The van der Waals surface area contributed by atoms with Gasteiger partial charge in [0.05, 0.1) is 10.9 Å². The third-order valence-electron chi connectivity index (χ3n) is 3.52. The first-order valence-electron chi connectivity index (χ1n) is 8.00. The van der Waals surface area contributed by atoms with Crippen LogP contribution in [0.1, 0.15) is 19.7 Å². The highest BCUT2D eigenvalue weighted by atomic mass is 35.5. The van der Waals surface area contributed by atoms with E-state index in [1.807, 2.05) is 18.2 Å². The Labute approximate surface area is 175 Å². The number of hydrogen-bond donors (Lipinski definition) is 1. The Morgan fingerprint density at radius 1 is 1.11 bits per heavy atom. The van der Waals surface area contributed by atoms with Crippen LogP contribution in [0.4, 0.5) is 5.69 Å². The summed E-state index contributed by atoms with van der Waals surface area (Å²) in [6.07, 6.45) is 1.84. The Morgan fingerprint density at radius 3 is 2.56 bits per heavy atom. The molecule has 1 amide bonds. The zero-order chi connectivity index (χ0) is 19.2. The van der Waals surface area contributed by atoms with Crippen LogP contribution in [0.3, 0.4) is 0 Å². The lowest BCUT2D eigenvalue weighted by Gasteiger charge is -2.17. The summed E-state index contributed by atoms with van der Waals surface area (Å²) in [5, 5.41) is 12.6. The van der Waals surface area contributed by atoms with Gasteiger partial charge in [0.25, 0.3) is 5.91 Å². The smallest absolute Gasteiger partial charge is 0.286 e. The second-order valence-corrected chi connectivity index (χ2v) is 8.92. The molecule has 2 aromatic heterocycles. The second-order valence-electron chi connectivity index (χ2n) is 5.63. The summed E-state index contributed by atoms with van der Waals surface area (Å²) < 4.78 is 0.764. The minimum Gasteiger partial charge on any atom is -0.320 e. The molecule has 0 unspecified atom stereocenters. The zero-order valence-electron chi connectivity index (χ0n) is 14.2. The van der Waals surface area contributed by atoms with Gasteiger partial charge < -0.3 is 5.32 Å². The Balaban J connectivity index is 1.63. The Bertz CT molecular complexity index is 924. The molecule has 0 bridgehead atoms. The summed E-state index contributed by atoms with van der Waals surface area (Å²) >= 11 is 14.7. The number of halogens is 2. The minimum absolute atomic E-state index is 0.290. The molecule has 0 aliphatic heterocycles. The lowest BCUT2D eigenvalue weighted by molar-refractivity contribution is 0.102. The van der Waals surface area contributed by atoms with E-state index < -0.39 is 0 Å². The van der Waals surface area contributed by atoms with Crippen LogP contribution in [0.25, 0.3) is 0 Å². The number of rotatable bonds is 8. The maximum absolute atomic E-state index is 12.3. The van der Waals surface area contributed by atoms with E-state index in [4.69, 9.17) is 23.2 Å². The number of anilines is 1. The van der Waals surface area contributed by atoms with Crippen molar-refractivity contribution in [2.45, 2.75) is 13.1 Å². The molecule has 0 saturated heterocycles. The average molecular weight is 439 g/mol. The number of nitrogens with one attached hydrogen (secondary N) is 1. The molecule has 140 valence electrons. The number of benzene rings is 1. The number of aromatic nitrogens is 2. The molecule has 27 heavy (non-hydrogen) atoms. The first-order valence-corrected chi connectivity index (χ1v) is 10.4. The normalized spacial score (nSPS) is 10.9. The van der Waals surface area contributed by atoms with Crippen LogP contribution in [-0.4, -0.2) is 27.5 Å². The van der Waals surface area contributed by atoms with Gasteiger partial charge in [-0.15, -0.1) is 28.1 Å². The highest BCUT2D eigenvalue weighted by Crippen LogP contribution is 2.24. The number of carbonyl (C=O) groups excluding carboxylic acids is 1. The summed E-state index contributed by atoms with van der Waals surface area (Å²) in [6.45, 7) is 5.81. The summed E-state index contributed by atoms with van der Waals surface area (Å²) in [6, 6.07) is 10.8. The van der Waals surface area contributed by atoms with Gasteiger partial charge in [-0.2, -0.15) is 0 Å². The van der Waals surface area contributed by atoms with Crippen molar-refractivity contribution in [2.75, 3.05) is 11.9 Å². The maximum Gasteiger partial charge on any atom is 0.286 e. The fourth-order valence-electron chi connectivity index (χ4n) is 2.34. The summed E-state index contributed by atoms with van der Waals surface area (Å²) in [7, 11) is 0. The molecule has 0 atom stereocenters. The van der Waals surface area contributed by atoms with Crippen molar-refractivity contribution in [1.29, 1.82) is 0 Å². The van der Waals surface area contributed by atoms with Crippen molar-refractivity contribution >= 4 is 57.5 Å². The number of hydrogen-bond acceptors (Lipinski definition) is 6. The molecule has 3 aromatic rings. The molecule has 2 heterocycles. The van der Waals surface area contributed by atoms with Crippen LogP contribution in [-0.2, 0) is 13.1 Å². The van der Waals surface area contributed by atoms with Crippen molar-refractivity contribution in [2.24, 2.45) is 0 Å². The standard InChI is InChI=1S/C18H16Cl2N4OS2/c1-2-9-24(10-14-7-8-15(20)26-14)11-16-22-23-18(27-16)17(25)21-13-5-3-12(19)4-6-13/h2-8H,1,9-11H2,(H,21,25). The highest BCUT2D eigenvalue weighted by molar-refractivity contribution is 7.16. The Hall–Kier alpha value is -1.77. The molecule has 0 aliphatic rings. The fourth-order valence-corrected chi connectivity index (χ4v) is 4.38. The quantitative estimate of drug-likeness (QED) is 0.481. The molecular formula is C18H16Cl2N4OS2. The molecule has 1 N–H and O–H groups in total. The average Bonchev–Trinajstić information content (AvgIpc) is 3.26. The van der Waals surface area contributed by atoms with E-state index in [2.05, 4.69) is 27.0 Å². The number of carbonyl (C=O) groups is 1. The van der Waals surface area contributed by atoms with E-state index in [9.17, 15) is 4.79 Å². The van der Waals surface area contributed by atoms with E-state index in [0.29, 0.717) is 28.8 Å². The van der Waals surface area contributed by atoms with Crippen molar-refractivity contribution in [3.63, 3.8) is 0 Å². The van der Waals surface area contributed by atoms with E-state index in [1.54, 1.807) is 35.6 Å². The van der Waals surface area contributed by atoms with Crippen LogP contribution >= 0.6 is 45.9 Å². The van der Waals surface area contributed by atoms with Gasteiger partial charge in [-0.3, -0.25) is 9.69 Å². The monoisotopic (exact) mass is 438 g/mol. The first-order chi connectivity index (χ1) is 13.0.